The van der Waals surface area contributed by atoms with Crippen molar-refractivity contribution in [1.29, 1.82) is 0 Å². The summed E-state index contributed by atoms with van der Waals surface area (Å²) in [5.41, 5.74) is 1.53. The largest absolute Gasteiger partial charge is 0.497 e. The lowest BCUT2D eigenvalue weighted by Crippen LogP contribution is -2.31. The van der Waals surface area contributed by atoms with Gasteiger partial charge in [0, 0.05) is 17.8 Å². The van der Waals surface area contributed by atoms with Gasteiger partial charge in [-0.3, -0.25) is 9.63 Å². The van der Waals surface area contributed by atoms with Crippen molar-refractivity contribution in [2.45, 2.75) is 0 Å². The van der Waals surface area contributed by atoms with Crippen LogP contribution in [0.2, 0.25) is 0 Å². The van der Waals surface area contributed by atoms with E-state index in [4.69, 9.17) is 18.7 Å². The van der Waals surface area contributed by atoms with Gasteiger partial charge in [0.05, 0.1) is 27.2 Å². The lowest BCUT2D eigenvalue weighted by molar-refractivity contribution is -0.169. The first-order valence-electron chi connectivity index (χ1n) is 8.11. The van der Waals surface area contributed by atoms with Gasteiger partial charge in [-0.2, -0.15) is 0 Å². The number of ether oxygens (including phenoxy) is 2. The second-order valence-electron chi connectivity index (χ2n) is 5.79. The Hall–Kier alpha value is -2.99. The van der Waals surface area contributed by atoms with Gasteiger partial charge in [-0.25, -0.2) is 5.06 Å². The molecule has 0 aliphatic heterocycles. The summed E-state index contributed by atoms with van der Waals surface area (Å²) in [7, 11) is 6.21. The van der Waals surface area contributed by atoms with Crippen LogP contribution in [0.1, 0.15) is 0 Å². The summed E-state index contributed by atoms with van der Waals surface area (Å²) in [6.45, 7) is 0. The van der Waals surface area contributed by atoms with Crippen LogP contribution in [-0.4, -0.2) is 39.3 Å². The Bertz CT molecular complexity index is 940. The molecule has 0 bridgehead atoms. The fourth-order valence-corrected chi connectivity index (χ4v) is 2.72. The van der Waals surface area contributed by atoms with Gasteiger partial charge in [-0.05, 0) is 48.6 Å². The standard InChI is InChI=1S/C20H21NO5/c1-21(25-4)20(22)15-10-17(24-3)9-14-11-18(26-19(14)12-15)13-5-7-16(23-2)8-6-13/h5-12,15H,1-4H3. The van der Waals surface area contributed by atoms with Gasteiger partial charge in [0.1, 0.15) is 22.7 Å². The molecule has 1 aromatic heterocycles. The molecule has 136 valence electrons. The van der Waals surface area contributed by atoms with E-state index in [1.807, 2.05) is 36.4 Å². The summed E-state index contributed by atoms with van der Waals surface area (Å²) in [6, 6.07) is 9.51. The number of nitrogens with zero attached hydrogens (tertiary/aromatic N) is 1. The zero-order valence-corrected chi connectivity index (χ0v) is 15.2. The van der Waals surface area contributed by atoms with E-state index >= 15 is 0 Å². The number of methoxy groups -OCH3 is 2. The molecule has 0 N–H and O–H groups in total. The van der Waals surface area contributed by atoms with Crippen LogP contribution >= 0.6 is 0 Å². The Morgan fingerprint density at radius 3 is 2.42 bits per heavy atom. The highest BCUT2D eigenvalue weighted by molar-refractivity contribution is 5.86. The van der Waals surface area contributed by atoms with Crippen molar-refractivity contribution in [1.82, 2.24) is 5.06 Å². The fourth-order valence-electron chi connectivity index (χ4n) is 2.72. The molecule has 26 heavy (non-hydrogen) atoms. The first kappa shape index (κ1) is 17.8. The highest BCUT2D eigenvalue weighted by atomic mass is 16.7. The topological polar surface area (TPSA) is 61.1 Å². The number of benzene rings is 1. The number of carbonyl (C=O) groups is 1. The van der Waals surface area contributed by atoms with Crippen LogP contribution < -0.4 is 15.4 Å². The summed E-state index contributed by atoms with van der Waals surface area (Å²) >= 11 is 0. The van der Waals surface area contributed by atoms with E-state index < -0.39 is 5.92 Å². The maximum Gasteiger partial charge on any atom is 0.256 e. The summed E-state index contributed by atoms with van der Waals surface area (Å²) in [6.07, 6.45) is 5.35. The molecule has 1 aliphatic carbocycles. The molecule has 1 atom stereocenters. The minimum atomic E-state index is -0.553. The number of fused-ring (bicyclic) bond motifs is 1. The highest BCUT2D eigenvalue weighted by Gasteiger charge is 2.21. The Balaban J connectivity index is 2.06. The van der Waals surface area contributed by atoms with Gasteiger partial charge in [-0.15, -0.1) is 0 Å². The Morgan fingerprint density at radius 2 is 1.81 bits per heavy atom. The van der Waals surface area contributed by atoms with Crippen molar-refractivity contribution < 1.29 is 23.5 Å². The second-order valence-corrected chi connectivity index (χ2v) is 5.79. The van der Waals surface area contributed by atoms with Crippen molar-refractivity contribution in [3.05, 3.63) is 52.8 Å². The average molecular weight is 355 g/mol. The summed E-state index contributed by atoms with van der Waals surface area (Å²) in [5, 5.41) is 2.03. The highest BCUT2D eigenvalue weighted by Crippen LogP contribution is 2.21. The van der Waals surface area contributed by atoms with E-state index in [0.717, 1.165) is 16.5 Å². The number of hydrogen-bond acceptors (Lipinski definition) is 5. The summed E-state index contributed by atoms with van der Waals surface area (Å²) in [4.78, 5) is 17.5. The monoisotopic (exact) mass is 355 g/mol. The quantitative estimate of drug-likeness (QED) is 0.764. The Morgan fingerprint density at radius 1 is 1.08 bits per heavy atom. The van der Waals surface area contributed by atoms with Crippen molar-refractivity contribution in [3.8, 4) is 17.1 Å². The lowest BCUT2D eigenvalue weighted by atomic mass is 10.1. The van der Waals surface area contributed by atoms with Gasteiger partial charge in [0.2, 0.25) is 0 Å². The Labute approximate surface area is 151 Å². The molecule has 0 fully saturated rings. The fraction of sp³-hybridized carbons (Fsp3) is 0.250. The third-order valence-corrected chi connectivity index (χ3v) is 4.24. The van der Waals surface area contributed by atoms with E-state index in [9.17, 15) is 4.79 Å². The SMILES string of the molecule is COC1=CC(C(=O)N(C)OC)C=c2oc(-c3ccc(OC)cc3)cc2=C1. The molecule has 0 radical (unpaired) electrons. The molecule has 1 aliphatic rings. The zero-order chi connectivity index (χ0) is 18.7. The van der Waals surface area contributed by atoms with Crippen molar-refractivity contribution in [2.75, 3.05) is 28.4 Å². The predicted molar refractivity (Wildman–Crippen MR) is 97.2 cm³/mol. The lowest BCUT2D eigenvalue weighted by Gasteiger charge is -2.17. The minimum absolute atomic E-state index is 0.217. The van der Waals surface area contributed by atoms with Gasteiger partial charge in [0.25, 0.3) is 5.91 Å². The van der Waals surface area contributed by atoms with Gasteiger partial charge in [-0.1, -0.05) is 0 Å². The summed E-state index contributed by atoms with van der Waals surface area (Å²) < 4.78 is 16.6. The van der Waals surface area contributed by atoms with Crippen LogP contribution in [0.15, 0.2) is 46.6 Å². The van der Waals surface area contributed by atoms with Crippen LogP contribution in [0, 0.1) is 5.92 Å². The molecular weight excluding hydrogens is 334 g/mol. The number of allylic oxidation sites excluding steroid dienone is 1. The third-order valence-electron chi connectivity index (χ3n) is 4.24. The molecule has 0 spiro atoms. The Kier molecular flexibility index (Phi) is 5.14. The van der Waals surface area contributed by atoms with E-state index in [2.05, 4.69) is 0 Å². The van der Waals surface area contributed by atoms with E-state index in [-0.39, 0.29) is 5.91 Å². The molecule has 1 amide bonds. The van der Waals surface area contributed by atoms with Crippen molar-refractivity contribution in [3.63, 3.8) is 0 Å². The molecule has 2 aromatic rings. The zero-order valence-electron chi connectivity index (χ0n) is 15.2. The van der Waals surface area contributed by atoms with Crippen LogP contribution in [0.25, 0.3) is 23.5 Å². The maximum atomic E-state index is 12.5. The molecule has 3 rings (SSSR count). The number of carbonyl (C=O) groups excluding carboxylic acids is 1. The minimum Gasteiger partial charge on any atom is -0.497 e. The molecule has 6 nitrogen and oxygen atoms in total. The number of hydrogen-bond donors (Lipinski definition) is 0. The summed E-state index contributed by atoms with van der Waals surface area (Å²) in [5.74, 6) is 1.30. The maximum absolute atomic E-state index is 12.5. The number of rotatable bonds is 5. The van der Waals surface area contributed by atoms with E-state index in [1.165, 1.54) is 12.2 Å². The van der Waals surface area contributed by atoms with Gasteiger partial charge < -0.3 is 13.9 Å². The van der Waals surface area contributed by atoms with E-state index in [0.29, 0.717) is 16.9 Å². The van der Waals surface area contributed by atoms with Crippen LogP contribution in [0.5, 0.6) is 5.75 Å². The third kappa shape index (κ3) is 3.50. The first-order chi connectivity index (χ1) is 12.5. The molecule has 6 heteroatoms. The molecule has 1 aromatic carbocycles. The number of amides is 1. The molecule has 0 saturated heterocycles. The second kappa shape index (κ2) is 7.49. The first-order valence-corrected chi connectivity index (χ1v) is 8.11. The predicted octanol–water partition coefficient (Wildman–Crippen LogP) is 1.70. The van der Waals surface area contributed by atoms with Crippen LogP contribution in [0.3, 0.4) is 0 Å². The van der Waals surface area contributed by atoms with Crippen molar-refractivity contribution >= 4 is 18.1 Å². The van der Waals surface area contributed by atoms with Crippen molar-refractivity contribution in [2.24, 2.45) is 5.92 Å². The van der Waals surface area contributed by atoms with Crippen LogP contribution in [-0.2, 0) is 14.4 Å². The van der Waals surface area contributed by atoms with Crippen LogP contribution in [0.4, 0.5) is 0 Å². The molecule has 1 heterocycles. The molecular formula is C20H21NO5. The number of furan rings is 1. The molecule has 0 saturated carbocycles. The average Bonchev–Trinajstić information content (AvgIpc) is 2.99. The molecule has 1 unspecified atom stereocenters. The number of hydroxylamine groups is 2. The van der Waals surface area contributed by atoms with E-state index in [1.54, 1.807) is 33.4 Å². The van der Waals surface area contributed by atoms with Gasteiger partial charge >= 0.3 is 0 Å². The smallest absolute Gasteiger partial charge is 0.256 e. The normalized spacial score (nSPS) is 15.7. The van der Waals surface area contributed by atoms with Gasteiger partial charge in [0.15, 0.2) is 0 Å².